The molecule has 36 heavy (non-hydrogen) atoms. The quantitative estimate of drug-likeness (QED) is 0.349. The van der Waals surface area contributed by atoms with Gasteiger partial charge in [-0.1, -0.05) is 60.7 Å². The fourth-order valence-corrected chi connectivity index (χ4v) is 5.38. The maximum Gasteiger partial charge on any atom is 0.407 e. The van der Waals surface area contributed by atoms with Gasteiger partial charge in [-0.15, -0.1) is 0 Å². The number of rotatable bonds is 10. The molecule has 0 radical (unpaired) electrons. The Morgan fingerprint density at radius 3 is 2.11 bits per heavy atom. The lowest BCUT2D eigenvalue weighted by Crippen LogP contribution is -2.42. The van der Waals surface area contributed by atoms with Crippen molar-refractivity contribution in [3.8, 4) is 16.9 Å². The number of fused-ring (bicyclic) bond motifs is 3. The van der Waals surface area contributed by atoms with Gasteiger partial charge in [0.1, 0.15) is 18.4 Å². The lowest BCUT2D eigenvalue weighted by atomic mass is 9.98. The van der Waals surface area contributed by atoms with E-state index in [1.54, 1.807) is 31.2 Å². The van der Waals surface area contributed by atoms with E-state index in [9.17, 15) is 19.3 Å². The minimum atomic E-state index is -3.22. The van der Waals surface area contributed by atoms with Gasteiger partial charge in [0.2, 0.25) is 0 Å². The van der Waals surface area contributed by atoms with Crippen molar-refractivity contribution < 1.29 is 33.0 Å². The summed E-state index contributed by atoms with van der Waals surface area (Å²) in [6.45, 7) is 3.45. The molecular weight excluding hydrogens is 481 g/mol. The number of hydrogen-bond acceptors (Lipinski definition) is 6. The molecule has 188 valence electrons. The predicted molar refractivity (Wildman–Crippen MR) is 136 cm³/mol. The molecule has 0 saturated heterocycles. The number of carbonyl (C=O) groups excluding carboxylic acids is 1. The number of carboxylic acids is 1. The highest BCUT2D eigenvalue weighted by Crippen LogP contribution is 2.45. The number of carboxylic acid groups (broad SMARTS) is 1. The van der Waals surface area contributed by atoms with Crippen molar-refractivity contribution in [1.29, 1.82) is 0 Å². The normalized spacial score (nSPS) is 14.7. The number of nitrogens with one attached hydrogen (secondary N) is 1. The highest BCUT2D eigenvalue weighted by molar-refractivity contribution is 7.53. The molecule has 9 heteroatoms. The molecule has 0 spiro atoms. The van der Waals surface area contributed by atoms with Crippen LogP contribution in [0.25, 0.3) is 11.1 Å². The standard InChI is InChI=1S/C27H28NO7P/c1-3-34-36(2,32)35-19-14-12-18(13-15-19)16-25(26(29)30)28-27(31)33-17-24-22-10-6-4-8-20(22)21-9-5-7-11-23(21)24/h4-15,24-25H,3,16-17H2,1-2H3,(H,28,31)(H,29,30)/t25-,36?/m0/s1. The van der Waals surface area contributed by atoms with E-state index in [4.69, 9.17) is 13.8 Å². The Labute approximate surface area is 209 Å². The number of amides is 1. The zero-order chi connectivity index (χ0) is 25.7. The maximum absolute atomic E-state index is 12.5. The van der Waals surface area contributed by atoms with E-state index < -0.39 is 25.7 Å². The first-order valence-corrected chi connectivity index (χ1v) is 13.6. The first-order chi connectivity index (χ1) is 17.3. The summed E-state index contributed by atoms with van der Waals surface area (Å²) < 4.78 is 28.1. The van der Waals surface area contributed by atoms with E-state index in [0.29, 0.717) is 11.3 Å². The van der Waals surface area contributed by atoms with Crippen LogP contribution < -0.4 is 9.84 Å². The SMILES string of the molecule is CCOP(C)(=O)Oc1ccc(C[C@H](NC(=O)OCC2c3ccccc3-c3ccccc32)C(=O)O)cc1. The lowest BCUT2D eigenvalue weighted by molar-refractivity contribution is -0.139. The molecule has 0 heterocycles. The highest BCUT2D eigenvalue weighted by Gasteiger charge is 2.30. The second kappa shape index (κ2) is 11.0. The van der Waals surface area contributed by atoms with Crippen molar-refractivity contribution in [3.05, 3.63) is 89.5 Å². The van der Waals surface area contributed by atoms with Crippen molar-refractivity contribution in [1.82, 2.24) is 5.32 Å². The Balaban J connectivity index is 1.37. The minimum Gasteiger partial charge on any atom is -0.480 e. The number of alkyl carbamates (subject to hydrolysis) is 1. The third kappa shape index (κ3) is 5.96. The molecule has 0 fully saturated rings. The molecule has 4 rings (SSSR count). The zero-order valence-corrected chi connectivity index (χ0v) is 20.9. The molecule has 3 aromatic rings. The van der Waals surface area contributed by atoms with Gasteiger partial charge >= 0.3 is 19.7 Å². The van der Waals surface area contributed by atoms with E-state index in [1.165, 1.54) is 6.66 Å². The Morgan fingerprint density at radius 2 is 1.56 bits per heavy atom. The van der Waals surface area contributed by atoms with E-state index in [-0.39, 0.29) is 25.6 Å². The fraction of sp³-hybridized carbons (Fsp3) is 0.259. The average Bonchev–Trinajstić information content (AvgIpc) is 3.17. The lowest BCUT2D eigenvalue weighted by Gasteiger charge is -2.18. The molecule has 1 aliphatic rings. The van der Waals surface area contributed by atoms with Crippen LogP contribution >= 0.6 is 7.60 Å². The summed E-state index contributed by atoms with van der Waals surface area (Å²) in [6.07, 6.45) is -0.762. The molecule has 2 atom stereocenters. The second-order valence-electron chi connectivity index (χ2n) is 8.49. The van der Waals surface area contributed by atoms with Crippen LogP contribution in [-0.2, 0) is 25.0 Å². The fourth-order valence-electron chi connectivity index (χ4n) is 4.36. The van der Waals surface area contributed by atoms with Crippen LogP contribution in [0, 0.1) is 0 Å². The third-order valence-corrected chi connectivity index (χ3v) is 7.20. The Morgan fingerprint density at radius 1 is 0.972 bits per heavy atom. The molecule has 3 aromatic carbocycles. The van der Waals surface area contributed by atoms with E-state index in [0.717, 1.165) is 22.3 Å². The molecule has 0 saturated carbocycles. The summed E-state index contributed by atoms with van der Waals surface area (Å²) in [5.41, 5.74) is 5.02. The smallest absolute Gasteiger partial charge is 0.407 e. The van der Waals surface area contributed by atoms with Gasteiger partial charge in [0, 0.05) is 19.0 Å². The summed E-state index contributed by atoms with van der Waals surface area (Å²) in [6, 6.07) is 21.2. The summed E-state index contributed by atoms with van der Waals surface area (Å²) in [7, 11) is -3.22. The summed E-state index contributed by atoms with van der Waals surface area (Å²) >= 11 is 0. The molecule has 1 amide bonds. The van der Waals surface area contributed by atoms with Crippen molar-refractivity contribution in [3.63, 3.8) is 0 Å². The minimum absolute atomic E-state index is 0.0368. The van der Waals surface area contributed by atoms with Crippen molar-refractivity contribution in [2.45, 2.75) is 25.3 Å². The highest BCUT2D eigenvalue weighted by atomic mass is 31.2. The first-order valence-electron chi connectivity index (χ1n) is 11.6. The van der Waals surface area contributed by atoms with E-state index in [2.05, 4.69) is 5.32 Å². The van der Waals surface area contributed by atoms with E-state index >= 15 is 0 Å². The van der Waals surface area contributed by atoms with Gasteiger partial charge < -0.3 is 24.2 Å². The molecule has 8 nitrogen and oxygen atoms in total. The molecule has 0 aliphatic heterocycles. The van der Waals surface area contributed by atoms with Crippen molar-refractivity contribution >= 4 is 19.7 Å². The van der Waals surface area contributed by atoms with E-state index in [1.807, 2.05) is 48.5 Å². The van der Waals surface area contributed by atoms with Crippen LogP contribution in [0.15, 0.2) is 72.8 Å². The van der Waals surface area contributed by atoms with Crippen LogP contribution in [0.3, 0.4) is 0 Å². The van der Waals surface area contributed by atoms with Gasteiger partial charge in [-0.2, -0.15) is 0 Å². The van der Waals surface area contributed by atoms with Crippen LogP contribution in [0.4, 0.5) is 4.79 Å². The number of aliphatic carboxylic acids is 1. The summed E-state index contributed by atoms with van der Waals surface area (Å²) in [5, 5.41) is 12.1. The Bertz CT molecular complexity index is 1250. The largest absolute Gasteiger partial charge is 0.480 e. The number of hydrogen-bond donors (Lipinski definition) is 2. The van der Waals surface area contributed by atoms with Gasteiger partial charge in [0.25, 0.3) is 0 Å². The van der Waals surface area contributed by atoms with Crippen molar-refractivity contribution in [2.75, 3.05) is 19.9 Å². The average molecular weight is 509 g/mol. The van der Waals surface area contributed by atoms with Crippen LogP contribution in [0.1, 0.15) is 29.5 Å². The number of ether oxygens (including phenoxy) is 1. The van der Waals surface area contributed by atoms with Gasteiger partial charge in [0.15, 0.2) is 0 Å². The Hall–Kier alpha value is -3.61. The molecular formula is C27H28NO7P. The maximum atomic E-state index is 12.5. The van der Waals surface area contributed by atoms with Gasteiger partial charge in [-0.3, -0.25) is 0 Å². The monoisotopic (exact) mass is 509 g/mol. The third-order valence-electron chi connectivity index (χ3n) is 5.93. The molecule has 0 aromatic heterocycles. The predicted octanol–water partition coefficient (Wildman–Crippen LogP) is 5.46. The molecule has 1 aliphatic carbocycles. The van der Waals surface area contributed by atoms with Crippen LogP contribution in [0.2, 0.25) is 0 Å². The first kappa shape index (κ1) is 25.5. The molecule has 1 unspecified atom stereocenters. The van der Waals surface area contributed by atoms with Crippen molar-refractivity contribution in [2.24, 2.45) is 0 Å². The Kier molecular flexibility index (Phi) is 7.77. The zero-order valence-electron chi connectivity index (χ0n) is 20.0. The van der Waals surface area contributed by atoms with Gasteiger partial charge in [0.05, 0.1) is 6.61 Å². The second-order valence-corrected chi connectivity index (χ2v) is 10.5. The molecule has 0 bridgehead atoms. The summed E-state index contributed by atoms with van der Waals surface area (Å²) in [4.78, 5) is 24.3. The van der Waals surface area contributed by atoms with Crippen LogP contribution in [-0.4, -0.2) is 43.1 Å². The van der Waals surface area contributed by atoms with Gasteiger partial charge in [-0.25, -0.2) is 14.2 Å². The topological polar surface area (TPSA) is 111 Å². The van der Waals surface area contributed by atoms with Crippen LogP contribution in [0.5, 0.6) is 5.75 Å². The molecule has 2 N–H and O–H groups in total. The van der Waals surface area contributed by atoms with Gasteiger partial charge in [-0.05, 0) is 46.9 Å². The number of benzene rings is 3. The summed E-state index contributed by atoms with van der Waals surface area (Å²) in [5.74, 6) is -0.960. The number of carbonyl (C=O) groups is 2.